The Morgan fingerprint density at radius 1 is 1.50 bits per heavy atom. The molecule has 0 spiro atoms. The second kappa shape index (κ2) is 6.62. The second-order valence-electron chi connectivity index (χ2n) is 4.99. The van der Waals surface area contributed by atoms with Gasteiger partial charge in [0.15, 0.2) is 11.7 Å². The Balaban J connectivity index is 2.65. The van der Waals surface area contributed by atoms with Gasteiger partial charge >= 0.3 is 6.18 Å². The Morgan fingerprint density at radius 3 is 2.70 bits per heavy atom. The summed E-state index contributed by atoms with van der Waals surface area (Å²) in [6.45, 7) is 4.63. The van der Waals surface area contributed by atoms with Crippen LogP contribution in [0.2, 0.25) is 0 Å². The minimum absolute atomic E-state index is 0.00797. The van der Waals surface area contributed by atoms with E-state index in [1.54, 1.807) is 0 Å². The molecule has 0 unspecified atom stereocenters. The molecule has 0 bridgehead atoms. The number of aliphatic imine (C=N–C) groups is 1. The van der Waals surface area contributed by atoms with Crippen molar-refractivity contribution < 1.29 is 13.2 Å². The maximum Gasteiger partial charge on any atom is 0.435 e. The summed E-state index contributed by atoms with van der Waals surface area (Å²) in [5.74, 6) is 0.660. The first kappa shape index (κ1) is 16.3. The van der Waals surface area contributed by atoms with Gasteiger partial charge in [0.05, 0.1) is 6.54 Å². The lowest BCUT2D eigenvalue weighted by atomic mass is 10.1. The third-order valence-electron chi connectivity index (χ3n) is 2.62. The lowest BCUT2D eigenvalue weighted by molar-refractivity contribution is -0.142. The van der Waals surface area contributed by atoms with Crippen LogP contribution in [0.3, 0.4) is 0 Å². The molecule has 1 rings (SSSR count). The molecule has 114 valence electrons. The zero-order valence-electron chi connectivity index (χ0n) is 11.8. The molecule has 0 aliphatic rings. The zero-order valence-corrected chi connectivity index (χ0v) is 11.8. The summed E-state index contributed by atoms with van der Waals surface area (Å²) in [5.41, 5.74) is 4.69. The number of rotatable bonds is 5. The van der Waals surface area contributed by atoms with Gasteiger partial charge in [-0.15, -0.1) is 0 Å². The fourth-order valence-electron chi connectivity index (χ4n) is 1.61. The summed E-state index contributed by atoms with van der Waals surface area (Å²) in [4.78, 5) is 3.91. The second-order valence-corrected chi connectivity index (χ2v) is 4.99. The summed E-state index contributed by atoms with van der Waals surface area (Å²) in [6, 6.07) is 0. The molecule has 0 radical (unpaired) electrons. The Hall–Kier alpha value is -1.73. The van der Waals surface area contributed by atoms with Crippen molar-refractivity contribution in [2.24, 2.45) is 23.7 Å². The number of hydrogen-bond donors (Lipinski definition) is 2. The average molecular weight is 291 g/mol. The van der Waals surface area contributed by atoms with Crippen molar-refractivity contribution in [2.75, 3.05) is 6.54 Å². The van der Waals surface area contributed by atoms with Crippen molar-refractivity contribution in [2.45, 2.75) is 33.0 Å². The highest BCUT2D eigenvalue weighted by atomic mass is 19.4. The van der Waals surface area contributed by atoms with Gasteiger partial charge in [0.1, 0.15) is 0 Å². The molecule has 0 saturated heterocycles. The van der Waals surface area contributed by atoms with Gasteiger partial charge in [-0.3, -0.25) is 4.68 Å². The maximum atomic E-state index is 12.7. The molecule has 5 nitrogen and oxygen atoms in total. The Labute approximate surface area is 116 Å². The smallest absolute Gasteiger partial charge is 0.370 e. The number of nitrogens with one attached hydrogen (secondary N) is 1. The van der Waals surface area contributed by atoms with E-state index in [9.17, 15) is 13.2 Å². The van der Waals surface area contributed by atoms with E-state index >= 15 is 0 Å². The van der Waals surface area contributed by atoms with Crippen molar-refractivity contribution >= 4 is 5.96 Å². The minimum Gasteiger partial charge on any atom is -0.370 e. The lowest BCUT2D eigenvalue weighted by Gasteiger charge is -2.08. The van der Waals surface area contributed by atoms with Gasteiger partial charge in [-0.25, -0.2) is 4.99 Å². The van der Waals surface area contributed by atoms with Crippen molar-refractivity contribution in [1.29, 1.82) is 0 Å². The molecule has 1 aromatic heterocycles. The molecule has 3 N–H and O–H groups in total. The van der Waals surface area contributed by atoms with Crippen molar-refractivity contribution in [3.05, 3.63) is 17.5 Å². The number of aromatic nitrogens is 2. The van der Waals surface area contributed by atoms with Crippen LogP contribution >= 0.6 is 0 Å². The van der Waals surface area contributed by atoms with Crippen LogP contribution in [0, 0.1) is 5.92 Å². The number of nitrogens with zero attached hydrogens (tertiary/aromatic N) is 3. The van der Waals surface area contributed by atoms with Crippen LogP contribution in [-0.4, -0.2) is 22.3 Å². The van der Waals surface area contributed by atoms with E-state index in [1.807, 2.05) is 0 Å². The average Bonchev–Trinajstić information content (AvgIpc) is 2.67. The molecule has 8 heteroatoms. The highest BCUT2D eigenvalue weighted by Gasteiger charge is 2.36. The minimum atomic E-state index is -4.48. The monoisotopic (exact) mass is 291 g/mol. The number of nitrogens with two attached hydrogens (primary N) is 1. The maximum absolute atomic E-state index is 12.7. The van der Waals surface area contributed by atoms with Crippen LogP contribution in [-0.2, 0) is 19.8 Å². The Kier molecular flexibility index (Phi) is 5.41. The molecule has 0 aromatic carbocycles. The van der Waals surface area contributed by atoms with E-state index in [1.165, 1.54) is 13.2 Å². The van der Waals surface area contributed by atoms with Crippen LogP contribution in [0.25, 0.3) is 0 Å². The first-order chi connectivity index (χ1) is 9.20. The van der Waals surface area contributed by atoms with Gasteiger partial charge in [-0.05, 0) is 12.3 Å². The number of guanidine groups is 1. The highest BCUT2D eigenvalue weighted by Crippen LogP contribution is 2.30. The van der Waals surface area contributed by atoms with Crippen LogP contribution in [0.4, 0.5) is 13.2 Å². The molecule has 0 amide bonds. The fourth-order valence-corrected chi connectivity index (χ4v) is 1.61. The molecule has 20 heavy (non-hydrogen) atoms. The van der Waals surface area contributed by atoms with E-state index in [0.29, 0.717) is 12.5 Å². The summed E-state index contributed by atoms with van der Waals surface area (Å²) in [7, 11) is 1.44. The van der Waals surface area contributed by atoms with Crippen LogP contribution in [0.15, 0.2) is 11.2 Å². The molecule has 1 heterocycles. The molecule has 1 aromatic rings. The van der Waals surface area contributed by atoms with Crippen molar-refractivity contribution in [1.82, 2.24) is 15.1 Å². The molecule has 0 fully saturated rings. The predicted octanol–water partition coefficient (Wildman–Crippen LogP) is 1.89. The molecular formula is C12H20F3N5. The molecular weight excluding hydrogens is 271 g/mol. The lowest BCUT2D eigenvalue weighted by Crippen LogP contribution is -2.32. The topological polar surface area (TPSA) is 68.2 Å². The Bertz CT molecular complexity index is 462. The van der Waals surface area contributed by atoms with E-state index in [0.717, 1.165) is 11.1 Å². The molecule has 0 saturated carbocycles. The van der Waals surface area contributed by atoms with Crippen LogP contribution in [0.5, 0.6) is 0 Å². The summed E-state index contributed by atoms with van der Waals surface area (Å²) in [6.07, 6.45) is -2.27. The number of halogens is 3. The van der Waals surface area contributed by atoms with Gasteiger partial charge in [-0.1, -0.05) is 13.8 Å². The third-order valence-corrected chi connectivity index (χ3v) is 2.62. The highest BCUT2D eigenvalue weighted by molar-refractivity contribution is 5.77. The fraction of sp³-hybridized carbons (Fsp3) is 0.667. The normalized spacial score (nSPS) is 13.1. The van der Waals surface area contributed by atoms with Crippen molar-refractivity contribution in [3.8, 4) is 0 Å². The molecule has 0 aliphatic heterocycles. The van der Waals surface area contributed by atoms with E-state index in [-0.39, 0.29) is 18.1 Å². The zero-order chi connectivity index (χ0) is 15.3. The van der Waals surface area contributed by atoms with Gasteiger partial charge in [0.25, 0.3) is 0 Å². The largest absolute Gasteiger partial charge is 0.435 e. The standard InChI is InChI=1S/C12H20F3N5/c1-8(2)4-5-17-11(16)18-6-9-7-20(3)19-10(9)12(13,14)15/h7-8H,4-6H2,1-3H3,(H3,16,17,18). The summed E-state index contributed by atoms with van der Waals surface area (Å²) < 4.78 is 39.2. The first-order valence-corrected chi connectivity index (χ1v) is 6.33. The van der Waals surface area contributed by atoms with Gasteiger partial charge in [-0.2, -0.15) is 18.3 Å². The van der Waals surface area contributed by atoms with Gasteiger partial charge in [0.2, 0.25) is 0 Å². The SMILES string of the molecule is CC(C)CCNC(N)=NCc1cn(C)nc1C(F)(F)F. The number of alkyl halides is 3. The third kappa shape index (κ3) is 5.10. The van der Waals surface area contributed by atoms with E-state index in [2.05, 4.69) is 29.3 Å². The summed E-state index contributed by atoms with van der Waals surface area (Å²) in [5, 5.41) is 6.27. The summed E-state index contributed by atoms with van der Waals surface area (Å²) >= 11 is 0. The van der Waals surface area contributed by atoms with Crippen LogP contribution in [0.1, 0.15) is 31.5 Å². The van der Waals surface area contributed by atoms with E-state index in [4.69, 9.17) is 5.73 Å². The van der Waals surface area contributed by atoms with Gasteiger partial charge in [0, 0.05) is 25.4 Å². The Morgan fingerprint density at radius 2 is 2.15 bits per heavy atom. The molecule has 0 aliphatic carbocycles. The van der Waals surface area contributed by atoms with Gasteiger partial charge < -0.3 is 11.1 Å². The van der Waals surface area contributed by atoms with Crippen LogP contribution < -0.4 is 11.1 Å². The predicted molar refractivity (Wildman–Crippen MR) is 71.0 cm³/mol. The number of hydrogen-bond acceptors (Lipinski definition) is 2. The first-order valence-electron chi connectivity index (χ1n) is 6.33. The quantitative estimate of drug-likeness (QED) is 0.643. The molecule has 0 atom stereocenters. The van der Waals surface area contributed by atoms with E-state index < -0.39 is 11.9 Å². The number of aryl methyl sites for hydroxylation is 1. The van der Waals surface area contributed by atoms with Crippen molar-refractivity contribution in [3.63, 3.8) is 0 Å².